The van der Waals surface area contributed by atoms with Crippen molar-refractivity contribution >= 4 is 5.91 Å². The van der Waals surface area contributed by atoms with Gasteiger partial charge in [-0.05, 0) is 31.0 Å². The summed E-state index contributed by atoms with van der Waals surface area (Å²) in [6.07, 6.45) is 8.71. The fraction of sp³-hybridized carbons (Fsp3) is 0.353. The van der Waals surface area contributed by atoms with E-state index in [0.29, 0.717) is 18.9 Å². The Morgan fingerprint density at radius 3 is 2.85 bits per heavy atom. The van der Waals surface area contributed by atoms with E-state index in [9.17, 15) is 9.59 Å². The number of aromatic nitrogens is 6. The van der Waals surface area contributed by atoms with E-state index in [1.54, 1.807) is 40.1 Å². The number of carbonyl (C=O) groups is 1. The van der Waals surface area contributed by atoms with Crippen molar-refractivity contribution in [3.8, 4) is 11.4 Å². The Labute approximate surface area is 149 Å². The summed E-state index contributed by atoms with van der Waals surface area (Å²) in [6, 6.07) is 5.69. The van der Waals surface area contributed by atoms with Crippen molar-refractivity contribution in [2.24, 2.45) is 0 Å². The highest BCUT2D eigenvalue weighted by Crippen LogP contribution is 2.36. The lowest BCUT2D eigenvalue weighted by atomic mass is 10.3. The van der Waals surface area contributed by atoms with E-state index < -0.39 is 0 Å². The number of rotatable bonds is 7. The lowest BCUT2D eigenvalue weighted by Gasteiger charge is -2.04. The fourth-order valence-electron chi connectivity index (χ4n) is 2.82. The molecule has 0 bridgehead atoms. The normalized spacial score (nSPS) is 13.7. The number of hydrogen-bond acceptors (Lipinski definition) is 5. The van der Waals surface area contributed by atoms with Crippen LogP contribution in [0.5, 0.6) is 0 Å². The van der Waals surface area contributed by atoms with Crippen molar-refractivity contribution in [2.75, 3.05) is 6.54 Å². The van der Waals surface area contributed by atoms with Crippen molar-refractivity contribution in [3.63, 3.8) is 0 Å². The molecule has 0 aliphatic heterocycles. The first-order valence-electron chi connectivity index (χ1n) is 8.56. The first kappa shape index (κ1) is 16.2. The van der Waals surface area contributed by atoms with Gasteiger partial charge in [-0.1, -0.05) is 0 Å². The van der Waals surface area contributed by atoms with Gasteiger partial charge in [0.15, 0.2) is 5.82 Å². The zero-order valence-corrected chi connectivity index (χ0v) is 14.2. The Morgan fingerprint density at radius 1 is 1.27 bits per heavy atom. The highest BCUT2D eigenvalue weighted by atomic mass is 16.2. The van der Waals surface area contributed by atoms with Gasteiger partial charge in [-0.15, -0.1) is 5.10 Å². The van der Waals surface area contributed by atoms with Crippen LogP contribution in [-0.2, 0) is 17.9 Å². The molecule has 4 rings (SSSR count). The summed E-state index contributed by atoms with van der Waals surface area (Å²) >= 11 is 0. The minimum atomic E-state index is -0.157. The maximum atomic E-state index is 12.7. The molecule has 3 aromatic heterocycles. The molecule has 1 aliphatic carbocycles. The Kier molecular flexibility index (Phi) is 4.34. The van der Waals surface area contributed by atoms with Gasteiger partial charge in [0.2, 0.25) is 5.91 Å². The van der Waals surface area contributed by atoms with Crippen molar-refractivity contribution in [1.29, 1.82) is 0 Å². The molecule has 0 aromatic carbocycles. The van der Waals surface area contributed by atoms with Gasteiger partial charge in [0.25, 0.3) is 0 Å². The number of amides is 1. The average Bonchev–Trinajstić information content (AvgIpc) is 3.26. The third-order valence-corrected chi connectivity index (χ3v) is 4.21. The first-order chi connectivity index (χ1) is 12.7. The minimum absolute atomic E-state index is 0.146. The Morgan fingerprint density at radius 2 is 2.15 bits per heavy atom. The molecule has 1 saturated carbocycles. The third kappa shape index (κ3) is 3.41. The largest absolute Gasteiger partial charge is 0.353 e. The van der Waals surface area contributed by atoms with Gasteiger partial charge in [-0.3, -0.25) is 19.0 Å². The summed E-state index contributed by atoms with van der Waals surface area (Å²) < 4.78 is 4.70. The molecule has 134 valence electrons. The summed E-state index contributed by atoms with van der Waals surface area (Å²) in [6.45, 7) is 0.796. The number of pyridine rings is 1. The lowest BCUT2D eigenvalue weighted by molar-refractivity contribution is -0.121. The van der Waals surface area contributed by atoms with E-state index >= 15 is 0 Å². The van der Waals surface area contributed by atoms with Crippen LogP contribution < -0.4 is 11.0 Å². The molecule has 0 unspecified atom stereocenters. The van der Waals surface area contributed by atoms with Crippen LogP contribution in [0.1, 0.15) is 18.9 Å². The molecule has 0 saturated heterocycles. The molecule has 1 fully saturated rings. The predicted octanol–water partition coefficient (Wildman–Crippen LogP) is 0.455. The van der Waals surface area contributed by atoms with Crippen LogP contribution in [0.2, 0.25) is 0 Å². The first-order valence-corrected chi connectivity index (χ1v) is 8.56. The second-order valence-corrected chi connectivity index (χ2v) is 6.23. The predicted molar refractivity (Wildman–Crippen MR) is 93.2 cm³/mol. The van der Waals surface area contributed by atoms with E-state index in [4.69, 9.17) is 0 Å². The van der Waals surface area contributed by atoms with Crippen LogP contribution in [0.4, 0.5) is 0 Å². The molecule has 9 heteroatoms. The van der Waals surface area contributed by atoms with Crippen LogP contribution >= 0.6 is 0 Å². The maximum Gasteiger partial charge on any atom is 0.346 e. The van der Waals surface area contributed by atoms with Crippen molar-refractivity contribution < 1.29 is 4.79 Å². The number of nitrogens with zero attached hydrogens (tertiary/aromatic N) is 6. The van der Waals surface area contributed by atoms with Crippen LogP contribution in [-0.4, -0.2) is 41.6 Å². The number of hydrogen-bond donors (Lipinski definition) is 1. The summed E-state index contributed by atoms with van der Waals surface area (Å²) in [4.78, 5) is 28.7. The Hall–Kier alpha value is -3.23. The van der Waals surface area contributed by atoms with E-state index in [1.807, 2.05) is 12.1 Å². The van der Waals surface area contributed by atoms with E-state index in [1.165, 1.54) is 4.68 Å². The molecular formula is C17H19N7O2. The SMILES string of the molecule is O=C(Cn1cccn1)NCCn1nc(-c2cccnc2)n(C2CC2)c1=O. The topological polar surface area (TPSA) is 99.6 Å². The summed E-state index contributed by atoms with van der Waals surface area (Å²) in [5.74, 6) is 0.476. The van der Waals surface area contributed by atoms with Gasteiger partial charge in [0.1, 0.15) is 6.54 Å². The summed E-state index contributed by atoms with van der Waals surface area (Å²) in [5.41, 5.74) is 0.672. The minimum Gasteiger partial charge on any atom is -0.353 e. The van der Waals surface area contributed by atoms with Crippen molar-refractivity contribution in [2.45, 2.75) is 32.0 Å². The molecule has 9 nitrogen and oxygen atoms in total. The molecule has 1 aliphatic rings. The van der Waals surface area contributed by atoms with Crippen molar-refractivity contribution in [1.82, 2.24) is 34.4 Å². The van der Waals surface area contributed by atoms with Gasteiger partial charge in [0, 0.05) is 42.9 Å². The zero-order valence-electron chi connectivity index (χ0n) is 14.2. The summed E-state index contributed by atoms with van der Waals surface area (Å²) in [5, 5.41) is 11.3. The maximum absolute atomic E-state index is 12.7. The van der Waals surface area contributed by atoms with Crippen LogP contribution in [0.15, 0.2) is 47.8 Å². The van der Waals surface area contributed by atoms with Crippen LogP contribution in [0.25, 0.3) is 11.4 Å². The van der Waals surface area contributed by atoms with Crippen LogP contribution in [0.3, 0.4) is 0 Å². The average molecular weight is 353 g/mol. The fourth-order valence-corrected chi connectivity index (χ4v) is 2.82. The van der Waals surface area contributed by atoms with Gasteiger partial charge in [-0.2, -0.15) is 5.10 Å². The molecule has 26 heavy (non-hydrogen) atoms. The molecule has 3 aromatic rings. The highest BCUT2D eigenvalue weighted by Gasteiger charge is 2.30. The van der Waals surface area contributed by atoms with Gasteiger partial charge < -0.3 is 5.32 Å². The zero-order chi connectivity index (χ0) is 17.9. The second-order valence-electron chi connectivity index (χ2n) is 6.23. The second kappa shape index (κ2) is 6.95. The highest BCUT2D eigenvalue weighted by molar-refractivity contribution is 5.75. The number of nitrogens with one attached hydrogen (secondary N) is 1. The number of carbonyl (C=O) groups excluding carboxylic acids is 1. The van der Waals surface area contributed by atoms with Gasteiger partial charge >= 0.3 is 5.69 Å². The van der Waals surface area contributed by atoms with E-state index in [2.05, 4.69) is 20.5 Å². The molecule has 0 radical (unpaired) electrons. The third-order valence-electron chi connectivity index (χ3n) is 4.21. The lowest BCUT2D eigenvalue weighted by Crippen LogP contribution is -2.33. The van der Waals surface area contributed by atoms with Crippen molar-refractivity contribution in [3.05, 3.63) is 53.5 Å². The molecule has 1 amide bonds. The molecule has 0 atom stereocenters. The van der Waals surface area contributed by atoms with E-state index in [0.717, 1.165) is 18.4 Å². The smallest absolute Gasteiger partial charge is 0.346 e. The quantitative estimate of drug-likeness (QED) is 0.665. The monoisotopic (exact) mass is 353 g/mol. The molecule has 1 N–H and O–H groups in total. The molecule has 0 spiro atoms. The Bertz CT molecular complexity index is 939. The molecule has 3 heterocycles. The summed E-state index contributed by atoms with van der Waals surface area (Å²) in [7, 11) is 0. The van der Waals surface area contributed by atoms with Crippen LogP contribution in [0, 0.1) is 0 Å². The molecular weight excluding hydrogens is 334 g/mol. The Balaban J connectivity index is 1.45. The van der Waals surface area contributed by atoms with Gasteiger partial charge in [0.05, 0.1) is 6.54 Å². The van der Waals surface area contributed by atoms with Gasteiger partial charge in [-0.25, -0.2) is 9.48 Å². The van der Waals surface area contributed by atoms with E-state index in [-0.39, 0.29) is 24.2 Å². The standard InChI is InChI=1S/C17H19N7O2/c25-15(12-22-9-2-7-20-22)19-8-10-23-17(26)24(14-4-5-14)16(21-23)13-3-1-6-18-11-13/h1-3,6-7,9,11,14H,4-5,8,10,12H2,(H,19,25).